The van der Waals surface area contributed by atoms with Crippen LogP contribution in [0.5, 0.6) is 11.5 Å². The fraction of sp³-hybridized carbons (Fsp3) is 0.312. The van der Waals surface area contributed by atoms with E-state index in [9.17, 15) is 0 Å². The highest BCUT2D eigenvalue weighted by atomic mass is 32.1. The van der Waals surface area contributed by atoms with E-state index in [0.29, 0.717) is 17.1 Å². The standard InChI is InChI=1S/C16H18N2O2S/c1-3-15(18)16(12-4-5-21-10-12)20-14-7-11(9-17)6-13(8-14)19-2/h4-8,10,15-16H,3,18H2,1-2H3. The van der Waals surface area contributed by atoms with Crippen molar-refractivity contribution in [2.45, 2.75) is 25.5 Å². The second-order valence-corrected chi connectivity index (χ2v) is 5.46. The van der Waals surface area contributed by atoms with Crippen LogP contribution in [0, 0.1) is 11.3 Å². The Balaban J connectivity index is 2.30. The van der Waals surface area contributed by atoms with Gasteiger partial charge in [-0.1, -0.05) is 6.92 Å². The summed E-state index contributed by atoms with van der Waals surface area (Å²) in [5, 5.41) is 13.1. The van der Waals surface area contributed by atoms with Crippen LogP contribution in [0.25, 0.3) is 0 Å². The summed E-state index contributed by atoms with van der Waals surface area (Å²) in [7, 11) is 1.56. The molecule has 0 aliphatic heterocycles. The summed E-state index contributed by atoms with van der Waals surface area (Å²) in [6.07, 6.45) is 0.565. The molecule has 0 saturated carbocycles. The number of nitrogens with two attached hydrogens (primary N) is 1. The number of thiophene rings is 1. The van der Waals surface area contributed by atoms with Crippen molar-refractivity contribution in [3.8, 4) is 17.6 Å². The van der Waals surface area contributed by atoms with Crippen molar-refractivity contribution in [2.75, 3.05) is 7.11 Å². The number of nitrogens with zero attached hydrogens (tertiary/aromatic N) is 1. The van der Waals surface area contributed by atoms with Crippen molar-refractivity contribution < 1.29 is 9.47 Å². The van der Waals surface area contributed by atoms with Crippen LogP contribution in [0.3, 0.4) is 0 Å². The van der Waals surface area contributed by atoms with Crippen LogP contribution in [-0.2, 0) is 0 Å². The Morgan fingerprint density at radius 3 is 2.67 bits per heavy atom. The predicted octanol–water partition coefficient (Wildman–Crippen LogP) is 3.49. The number of benzene rings is 1. The van der Waals surface area contributed by atoms with E-state index in [0.717, 1.165) is 12.0 Å². The summed E-state index contributed by atoms with van der Waals surface area (Å²) in [5.41, 5.74) is 7.73. The molecule has 0 fully saturated rings. The third kappa shape index (κ3) is 3.75. The third-order valence-corrected chi connectivity index (χ3v) is 3.94. The first-order chi connectivity index (χ1) is 10.2. The van der Waals surface area contributed by atoms with Gasteiger partial charge in [-0.25, -0.2) is 0 Å². The van der Waals surface area contributed by atoms with Gasteiger partial charge in [0.05, 0.1) is 18.7 Å². The highest BCUT2D eigenvalue weighted by molar-refractivity contribution is 7.07. The van der Waals surface area contributed by atoms with Crippen LogP contribution in [0.2, 0.25) is 0 Å². The van der Waals surface area contributed by atoms with Crippen LogP contribution in [0.15, 0.2) is 35.0 Å². The number of hydrogen-bond donors (Lipinski definition) is 1. The predicted molar refractivity (Wildman–Crippen MR) is 83.7 cm³/mol. The lowest BCUT2D eigenvalue weighted by Crippen LogP contribution is -2.31. The molecule has 2 atom stereocenters. The zero-order valence-corrected chi connectivity index (χ0v) is 12.9. The average molecular weight is 302 g/mol. The second-order valence-electron chi connectivity index (χ2n) is 4.68. The largest absolute Gasteiger partial charge is 0.497 e. The average Bonchev–Trinajstić information content (AvgIpc) is 3.05. The highest BCUT2D eigenvalue weighted by Gasteiger charge is 2.21. The van der Waals surface area contributed by atoms with Gasteiger partial charge in [0.1, 0.15) is 17.6 Å². The van der Waals surface area contributed by atoms with Crippen molar-refractivity contribution >= 4 is 11.3 Å². The maximum Gasteiger partial charge on any atom is 0.140 e. The maximum absolute atomic E-state index is 9.07. The molecule has 110 valence electrons. The Morgan fingerprint density at radius 1 is 1.33 bits per heavy atom. The molecule has 4 nitrogen and oxygen atoms in total. The molecule has 21 heavy (non-hydrogen) atoms. The van der Waals surface area contributed by atoms with Crippen molar-refractivity contribution in [2.24, 2.45) is 5.73 Å². The monoisotopic (exact) mass is 302 g/mol. The molecule has 2 N–H and O–H groups in total. The van der Waals surface area contributed by atoms with E-state index < -0.39 is 0 Å². The first-order valence-corrected chi connectivity index (χ1v) is 7.65. The van der Waals surface area contributed by atoms with Crippen LogP contribution in [-0.4, -0.2) is 13.2 Å². The lowest BCUT2D eigenvalue weighted by atomic mass is 10.0. The van der Waals surface area contributed by atoms with Gasteiger partial charge in [0.15, 0.2) is 0 Å². The van der Waals surface area contributed by atoms with Crippen LogP contribution < -0.4 is 15.2 Å². The van der Waals surface area contributed by atoms with Gasteiger partial charge in [-0.3, -0.25) is 0 Å². The molecule has 0 aliphatic rings. The van der Waals surface area contributed by atoms with E-state index in [1.54, 1.807) is 36.6 Å². The Kier molecular flexibility index (Phi) is 5.20. The Morgan fingerprint density at radius 2 is 2.10 bits per heavy atom. The molecule has 5 heteroatoms. The molecule has 0 amide bonds. The Labute approximate surface area is 128 Å². The minimum absolute atomic E-state index is 0.115. The molecule has 2 rings (SSSR count). The van der Waals surface area contributed by atoms with Crippen LogP contribution in [0.1, 0.15) is 30.6 Å². The Hall–Kier alpha value is -2.03. The van der Waals surface area contributed by atoms with Crippen molar-refractivity contribution in [1.82, 2.24) is 0 Å². The second kappa shape index (κ2) is 7.11. The molecule has 1 aromatic heterocycles. The molecule has 2 unspecified atom stereocenters. The number of rotatable bonds is 6. The summed E-state index contributed by atoms with van der Waals surface area (Å²) in [6, 6.07) is 9.14. The van der Waals surface area contributed by atoms with Gasteiger partial charge in [-0.2, -0.15) is 16.6 Å². The summed E-state index contributed by atoms with van der Waals surface area (Å²) < 4.78 is 11.2. The van der Waals surface area contributed by atoms with Gasteiger partial charge < -0.3 is 15.2 Å². The molecule has 0 radical (unpaired) electrons. The van der Waals surface area contributed by atoms with Gasteiger partial charge in [0.25, 0.3) is 0 Å². The molecule has 1 heterocycles. The van der Waals surface area contributed by atoms with E-state index in [1.165, 1.54) is 0 Å². The smallest absolute Gasteiger partial charge is 0.140 e. The van der Waals surface area contributed by atoms with E-state index in [-0.39, 0.29) is 12.1 Å². The zero-order chi connectivity index (χ0) is 15.2. The summed E-state index contributed by atoms with van der Waals surface area (Å²) in [4.78, 5) is 0. The van der Waals surface area contributed by atoms with E-state index in [1.807, 2.05) is 23.8 Å². The highest BCUT2D eigenvalue weighted by Crippen LogP contribution is 2.30. The van der Waals surface area contributed by atoms with Gasteiger partial charge in [0, 0.05) is 17.7 Å². The number of nitriles is 1. The molecule has 1 aromatic carbocycles. The van der Waals surface area contributed by atoms with E-state index in [2.05, 4.69) is 6.07 Å². The van der Waals surface area contributed by atoms with Crippen molar-refractivity contribution in [3.63, 3.8) is 0 Å². The number of ether oxygens (including phenoxy) is 2. The molecule has 0 aliphatic carbocycles. The fourth-order valence-corrected chi connectivity index (χ4v) is 2.71. The maximum atomic E-state index is 9.07. The SMILES string of the molecule is CCC(N)C(Oc1cc(C#N)cc(OC)c1)c1ccsc1. The van der Waals surface area contributed by atoms with Crippen molar-refractivity contribution in [1.29, 1.82) is 5.26 Å². The molecular weight excluding hydrogens is 284 g/mol. The van der Waals surface area contributed by atoms with Crippen molar-refractivity contribution in [3.05, 3.63) is 46.2 Å². The first-order valence-electron chi connectivity index (χ1n) is 6.71. The van der Waals surface area contributed by atoms with E-state index in [4.69, 9.17) is 20.5 Å². The third-order valence-electron chi connectivity index (χ3n) is 3.24. The minimum atomic E-state index is -0.236. The zero-order valence-electron chi connectivity index (χ0n) is 12.1. The molecule has 0 saturated heterocycles. The van der Waals surface area contributed by atoms with Gasteiger partial charge in [-0.15, -0.1) is 0 Å². The van der Waals surface area contributed by atoms with Crippen LogP contribution >= 0.6 is 11.3 Å². The molecule has 0 spiro atoms. The van der Waals surface area contributed by atoms with E-state index >= 15 is 0 Å². The first kappa shape index (κ1) is 15.4. The topological polar surface area (TPSA) is 68.3 Å². The molecule has 0 bridgehead atoms. The molecule has 2 aromatic rings. The quantitative estimate of drug-likeness (QED) is 0.887. The lowest BCUT2D eigenvalue weighted by molar-refractivity contribution is 0.171. The number of hydrogen-bond acceptors (Lipinski definition) is 5. The Bertz CT molecular complexity index is 620. The summed E-state index contributed by atoms with van der Waals surface area (Å²) in [6.45, 7) is 2.03. The summed E-state index contributed by atoms with van der Waals surface area (Å²) >= 11 is 1.61. The van der Waals surface area contributed by atoms with Gasteiger partial charge in [-0.05, 0) is 35.4 Å². The molecular formula is C16H18N2O2S. The fourth-order valence-electron chi connectivity index (χ4n) is 2.02. The minimum Gasteiger partial charge on any atom is -0.497 e. The lowest BCUT2D eigenvalue weighted by Gasteiger charge is -2.24. The van der Waals surface area contributed by atoms with Crippen LogP contribution in [0.4, 0.5) is 0 Å². The summed E-state index contributed by atoms with van der Waals surface area (Å²) in [5.74, 6) is 1.18. The van der Waals surface area contributed by atoms with Gasteiger partial charge >= 0.3 is 0 Å². The normalized spacial score (nSPS) is 13.2. The number of methoxy groups -OCH3 is 1. The van der Waals surface area contributed by atoms with Gasteiger partial charge in [0.2, 0.25) is 0 Å².